The summed E-state index contributed by atoms with van der Waals surface area (Å²) in [5, 5.41) is 9.21. The van der Waals surface area contributed by atoms with E-state index in [9.17, 15) is 13.2 Å². The summed E-state index contributed by atoms with van der Waals surface area (Å²) < 4.78 is 28.2. The zero-order valence-electron chi connectivity index (χ0n) is 12.8. The number of nitrogens with zero attached hydrogens (tertiary/aromatic N) is 1. The van der Waals surface area contributed by atoms with Gasteiger partial charge >= 0.3 is 5.97 Å². The van der Waals surface area contributed by atoms with Crippen LogP contribution in [-0.4, -0.2) is 26.0 Å². The smallest absolute Gasteiger partial charge is 0.303 e. The van der Waals surface area contributed by atoms with E-state index in [-0.39, 0.29) is 34.3 Å². The molecule has 0 aliphatic rings. The molecule has 0 unspecified atom stereocenters. The molecule has 2 rings (SSSR count). The molecule has 9 heteroatoms. The first kappa shape index (κ1) is 20.3. The number of carboxylic acid groups (broad SMARTS) is 1. The van der Waals surface area contributed by atoms with Crippen molar-refractivity contribution in [1.29, 1.82) is 0 Å². The first-order chi connectivity index (χ1) is 11.7. The molecule has 2 aromatic carbocycles. The van der Waals surface area contributed by atoms with E-state index in [0.717, 1.165) is 3.57 Å². The van der Waals surface area contributed by atoms with E-state index in [1.165, 1.54) is 22.5 Å². The van der Waals surface area contributed by atoms with Crippen LogP contribution in [0.15, 0.2) is 47.4 Å². The zero-order valence-corrected chi connectivity index (χ0v) is 17.3. The predicted molar refractivity (Wildman–Crippen MR) is 107 cm³/mol. The summed E-state index contributed by atoms with van der Waals surface area (Å²) in [6.07, 6.45) is 0.0552. The summed E-state index contributed by atoms with van der Waals surface area (Å²) in [4.78, 5) is 10.8. The van der Waals surface area contributed by atoms with Gasteiger partial charge in [0.15, 0.2) is 0 Å². The molecule has 2 aromatic rings. The monoisotopic (exact) mass is 513 g/mol. The highest BCUT2D eigenvalue weighted by Crippen LogP contribution is 2.29. The van der Waals surface area contributed by atoms with Crippen LogP contribution in [0, 0.1) is 3.57 Å². The molecule has 0 fully saturated rings. The van der Waals surface area contributed by atoms with Crippen molar-refractivity contribution in [2.75, 3.05) is 10.8 Å². The van der Waals surface area contributed by atoms with Gasteiger partial charge in [0, 0.05) is 16.5 Å². The molecule has 0 amide bonds. The molecule has 0 atom stereocenters. The second-order valence-electron chi connectivity index (χ2n) is 5.13. The van der Waals surface area contributed by atoms with Gasteiger partial charge in [-0.2, -0.15) is 0 Å². The van der Waals surface area contributed by atoms with Gasteiger partial charge in [-0.1, -0.05) is 23.2 Å². The Morgan fingerprint density at radius 3 is 2.28 bits per heavy atom. The van der Waals surface area contributed by atoms with Crippen LogP contribution < -0.4 is 4.31 Å². The minimum Gasteiger partial charge on any atom is -0.481 e. The molecule has 0 saturated carbocycles. The number of halogens is 3. The highest BCUT2D eigenvalue weighted by Gasteiger charge is 2.25. The molecular formula is C16H14Cl2INO4S. The Hall–Kier alpha value is -1.03. The summed E-state index contributed by atoms with van der Waals surface area (Å²) in [5.41, 5.74) is 0.455. The Kier molecular flexibility index (Phi) is 6.95. The second-order valence-corrected chi connectivity index (χ2v) is 9.05. The average Bonchev–Trinajstić information content (AvgIpc) is 2.55. The fraction of sp³-hybridized carbons (Fsp3) is 0.188. The van der Waals surface area contributed by atoms with Crippen LogP contribution in [0.2, 0.25) is 10.0 Å². The third kappa shape index (κ3) is 5.22. The number of hydrogen-bond acceptors (Lipinski definition) is 3. The Morgan fingerprint density at radius 2 is 1.72 bits per heavy atom. The van der Waals surface area contributed by atoms with Crippen molar-refractivity contribution in [3.63, 3.8) is 0 Å². The zero-order chi connectivity index (χ0) is 18.6. The van der Waals surface area contributed by atoms with Gasteiger partial charge < -0.3 is 5.11 Å². The maximum Gasteiger partial charge on any atom is 0.303 e. The Bertz CT molecular complexity index is 872. The first-order valence-corrected chi connectivity index (χ1v) is 10.4. The summed E-state index contributed by atoms with van der Waals surface area (Å²) in [6.45, 7) is 0.0372. The van der Waals surface area contributed by atoms with E-state index in [1.807, 2.05) is 0 Å². The molecule has 0 heterocycles. The topological polar surface area (TPSA) is 74.7 Å². The molecule has 5 nitrogen and oxygen atoms in total. The lowest BCUT2D eigenvalue weighted by Gasteiger charge is -2.24. The third-order valence-electron chi connectivity index (χ3n) is 3.35. The van der Waals surface area contributed by atoms with Gasteiger partial charge in [0.1, 0.15) is 0 Å². The van der Waals surface area contributed by atoms with E-state index in [4.69, 9.17) is 28.3 Å². The number of rotatable bonds is 7. The summed E-state index contributed by atoms with van der Waals surface area (Å²) in [7, 11) is -3.91. The lowest BCUT2D eigenvalue weighted by Crippen LogP contribution is -2.32. The maximum absolute atomic E-state index is 13.0. The molecule has 0 aliphatic heterocycles. The molecule has 25 heavy (non-hydrogen) atoms. The molecule has 0 saturated heterocycles. The number of hydrogen-bond donors (Lipinski definition) is 1. The van der Waals surface area contributed by atoms with Crippen molar-refractivity contribution in [1.82, 2.24) is 0 Å². The van der Waals surface area contributed by atoms with E-state index in [2.05, 4.69) is 22.6 Å². The van der Waals surface area contributed by atoms with Crippen LogP contribution in [0.4, 0.5) is 5.69 Å². The van der Waals surface area contributed by atoms with Crippen molar-refractivity contribution in [3.05, 3.63) is 56.1 Å². The normalized spacial score (nSPS) is 11.3. The van der Waals surface area contributed by atoms with Crippen molar-refractivity contribution < 1.29 is 18.3 Å². The van der Waals surface area contributed by atoms with E-state index in [1.54, 1.807) is 24.3 Å². The Labute approximate surface area is 169 Å². The lowest BCUT2D eigenvalue weighted by molar-refractivity contribution is -0.137. The number of aliphatic carboxylic acids is 1. The summed E-state index contributed by atoms with van der Waals surface area (Å²) in [6, 6.07) is 11.0. The average molecular weight is 514 g/mol. The number of anilines is 1. The van der Waals surface area contributed by atoms with Crippen molar-refractivity contribution in [2.45, 2.75) is 17.7 Å². The number of sulfonamides is 1. The van der Waals surface area contributed by atoms with Crippen LogP contribution in [-0.2, 0) is 14.8 Å². The van der Waals surface area contributed by atoms with E-state index >= 15 is 0 Å². The Morgan fingerprint density at radius 1 is 1.08 bits per heavy atom. The van der Waals surface area contributed by atoms with Crippen LogP contribution in [0.25, 0.3) is 0 Å². The van der Waals surface area contributed by atoms with Crippen LogP contribution in [0.1, 0.15) is 12.8 Å². The standard InChI is InChI=1S/C16H14Cl2INO4S/c17-14-8-7-13(10-15(14)18)25(23,24)20(9-1-2-16(21)22)12-5-3-11(19)4-6-12/h3-8,10H,1-2,9H2,(H,21,22). The highest BCUT2D eigenvalue weighted by molar-refractivity contribution is 14.1. The van der Waals surface area contributed by atoms with Crippen LogP contribution in [0.5, 0.6) is 0 Å². The Balaban J connectivity index is 2.42. The van der Waals surface area contributed by atoms with Crippen LogP contribution >= 0.6 is 45.8 Å². The minimum atomic E-state index is -3.91. The molecule has 0 bridgehead atoms. The van der Waals surface area contributed by atoms with Gasteiger partial charge in [-0.25, -0.2) is 8.42 Å². The first-order valence-electron chi connectivity index (χ1n) is 7.17. The van der Waals surface area contributed by atoms with Gasteiger partial charge in [-0.15, -0.1) is 0 Å². The SMILES string of the molecule is O=C(O)CCCN(c1ccc(I)cc1)S(=O)(=O)c1ccc(Cl)c(Cl)c1. The van der Waals surface area contributed by atoms with Gasteiger partial charge in [-0.05, 0) is 71.5 Å². The fourth-order valence-electron chi connectivity index (χ4n) is 2.13. The molecule has 1 N–H and O–H groups in total. The van der Waals surface area contributed by atoms with E-state index < -0.39 is 16.0 Å². The number of carboxylic acids is 1. The quantitative estimate of drug-likeness (QED) is 0.546. The molecular weight excluding hydrogens is 500 g/mol. The van der Waals surface area contributed by atoms with E-state index in [0.29, 0.717) is 5.69 Å². The van der Waals surface area contributed by atoms with Gasteiger partial charge in [-0.3, -0.25) is 9.10 Å². The van der Waals surface area contributed by atoms with Crippen LogP contribution in [0.3, 0.4) is 0 Å². The molecule has 0 aliphatic carbocycles. The number of carbonyl (C=O) groups is 1. The van der Waals surface area contributed by atoms with Gasteiger partial charge in [0.2, 0.25) is 0 Å². The van der Waals surface area contributed by atoms with Crippen molar-refractivity contribution >= 4 is 67.5 Å². The third-order valence-corrected chi connectivity index (χ3v) is 6.63. The second kappa shape index (κ2) is 8.57. The summed E-state index contributed by atoms with van der Waals surface area (Å²) in [5.74, 6) is -0.977. The molecule has 0 spiro atoms. The van der Waals surface area contributed by atoms with Crippen molar-refractivity contribution in [2.24, 2.45) is 0 Å². The summed E-state index contributed by atoms with van der Waals surface area (Å²) >= 11 is 13.9. The van der Waals surface area contributed by atoms with Gasteiger partial charge in [0.05, 0.1) is 20.6 Å². The lowest BCUT2D eigenvalue weighted by atomic mass is 10.3. The molecule has 0 aromatic heterocycles. The fourth-order valence-corrected chi connectivity index (χ4v) is 4.39. The largest absolute Gasteiger partial charge is 0.481 e. The molecule has 134 valence electrons. The predicted octanol–water partition coefficient (Wildman–Crippen LogP) is 4.66. The molecule has 0 radical (unpaired) electrons. The highest BCUT2D eigenvalue weighted by atomic mass is 127. The van der Waals surface area contributed by atoms with Crippen molar-refractivity contribution in [3.8, 4) is 0 Å². The minimum absolute atomic E-state index is 0.00391. The number of benzene rings is 2. The van der Waals surface area contributed by atoms with Gasteiger partial charge in [0.25, 0.3) is 10.0 Å². The maximum atomic E-state index is 13.0.